The van der Waals surface area contributed by atoms with E-state index in [0.29, 0.717) is 17.1 Å². The van der Waals surface area contributed by atoms with E-state index in [1.165, 1.54) is 32.6 Å². The summed E-state index contributed by atoms with van der Waals surface area (Å²) in [5.41, 5.74) is 0.326. The third kappa shape index (κ3) is 11.4. The van der Waals surface area contributed by atoms with Gasteiger partial charge in [-0.15, -0.1) is 5.11 Å². The number of nitrogens with zero attached hydrogens (tertiary/aromatic N) is 2. The van der Waals surface area contributed by atoms with E-state index in [4.69, 9.17) is 9.47 Å². The number of carbonyl (C=O) groups excluding carboxylic acids is 2. The Labute approximate surface area is 229 Å². The number of unbranched alkanes of at least 4 members (excludes halogenated alkanes) is 3. The molecule has 0 unspecified atom stereocenters. The molecule has 0 fully saturated rings. The minimum absolute atomic E-state index is 0.151. The van der Waals surface area contributed by atoms with Crippen LogP contribution in [0.25, 0.3) is 0 Å². The van der Waals surface area contributed by atoms with Crippen LogP contribution in [-0.4, -0.2) is 41.7 Å². The van der Waals surface area contributed by atoms with Crippen molar-refractivity contribution >= 4 is 35.0 Å². The van der Waals surface area contributed by atoms with Gasteiger partial charge in [0.15, 0.2) is 5.70 Å². The van der Waals surface area contributed by atoms with Crippen molar-refractivity contribution in [3.8, 4) is 5.75 Å². The van der Waals surface area contributed by atoms with E-state index in [1.807, 2.05) is 19.9 Å². The lowest BCUT2D eigenvalue weighted by Crippen LogP contribution is -2.30. The van der Waals surface area contributed by atoms with Crippen LogP contribution in [0, 0.1) is 5.41 Å². The van der Waals surface area contributed by atoms with Gasteiger partial charge in [0.05, 0.1) is 11.1 Å². The van der Waals surface area contributed by atoms with E-state index in [0.717, 1.165) is 11.5 Å². The summed E-state index contributed by atoms with van der Waals surface area (Å²) < 4.78 is 11.1. The molecule has 206 valence electrons. The van der Waals surface area contributed by atoms with Crippen molar-refractivity contribution in [1.29, 1.82) is 0 Å². The molecule has 0 aliphatic carbocycles. The predicted octanol–water partition coefficient (Wildman–Crippen LogP) is 7.46. The number of azo groups is 1. The molecule has 0 bridgehead atoms. The summed E-state index contributed by atoms with van der Waals surface area (Å²) in [6.45, 7) is 7.75. The number of carbonyl (C=O) groups is 2. The minimum Gasteiger partial charge on any atom is -0.510 e. The van der Waals surface area contributed by atoms with E-state index in [1.54, 1.807) is 60.3 Å². The largest absolute Gasteiger partial charge is 0.510 e. The SMILES string of the molecule is CCCCCCSCC(C)(C)C(=O)OCCOc1ccc(NC(=O)C(N=Nc2ccccc2)=C(C)O)cc1. The molecular weight excluding hydrogens is 502 g/mol. The lowest BCUT2D eigenvalue weighted by Gasteiger charge is -2.22. The Morgan fingerprint density at radius 3 is 2.37 bits per heavy atom. The third-order valence-electron chi connectivity index (χ3n) is 5.43. The van der Waals surface area contributed by atoms with Gasteiger partial charge in [0.25, 0.3) is 5.91 Å². The smallest absolute Gasteiger partial charge is 0.312 e. The Morgan fingerprint density at radius 1 is 1.00 bits per heavy atom. The van der Waals surface area contributed by atoms with Crippen LogP contribution in [0.15, 0.2) is 76.3 Å². The fourth-order valence-corrected chi connectivity index (χ4v) is 4.40. The fraction of sp³-hybridized carbons (Fsp3) is 0.448. The molecule has 1 amide bonds. The lowest BCUT2D eigenvalue weighted by atomic mass is 9.97. The van der Waals surface area contributed by atoms with Crippen LogP contribution in [0.4, 0.5) is 11.4 Å². The Bertz CT molecular complexity index is 1070. The van der Waals surface area contributed by atoms with Gasteiger partial charge in [-0.25, -0.2) is 0 Å². The predicted molar refractivity (Wildman–Crippen MR) is 153 cm³/mol. The quantitative estimate of drug-likeness (QED) is 0.0750. The van der Waals surface area contributed by atoms with Gasteiger partial charge in [0.2, 0.25) is 0 Å². The summed E-state index contributed by atoms with van der Waals surface area (Å²) in [6, 6.07) is 15.6. The normalized spacial score (nSPS) is 12.2. The number of rotatable bonds is 16. The van der Waals surface area contributed by atoms with Crippen molar-refractivity contribution < 1.29 is 24.2 Å². The molecule has 8 nitrogen and oxygen atoms in total. The topological polar surface area (TPSA) is 110 Å². The number of amides is 1. The zero-order chi connectivity index (χ0) is 27.8. The highest BCUT2D eigenvalue weighted by molar-refractivity contribution is 7.99. The molecule has 0 heterocycles. The highest BCUT2D eigenvalue weighted by Crippen LogP contribution is 2.25. The molecule has 0 saturated heterocycles. The maximum Gasteiger partial charge on any atom is 0.312 e. The number of aliphatic hydroxyl groups is 1. The Balaban J connectivity index is 1.75. The molecular formula is C29H39N3O5S. The zero-order valence-corrected chi connectivity index (χ0v) is 23.6. The van der Waals surface area contributed by atoms with Gasteiger partial charge in [-0.1, -0.05) is 44.4 Å². The van der Waals surface area contributed by atoms with E-state index in [-0.39, 0.29) is 30.6 Å². The number of aliphatic hydroxyl groups excluding tert-OH is 1. The molecule has 0 saturated carbocycles. The lowest BCUT2D eigenvalue weighted by molar-refractivity contribution is -0.153. The summed E-state index contributed by atoms with van der Waals surface area (Å²) in [5.74, 6) is 1.29. The first-order chi connectivity index (χ1) is 18.2. The molecule has 0 aliphatic heterocycles. The molecule has 0 radical (unpaired) electrons. The van der Waals surface area contributed by atoms with Gasteiger partial charge in [-0.05, 0) is 69.3 Å². The number of anilines is 1. The highest BCUT2D eigenvalue weighted by atomic mass is 32.2. The van der Waals surface area contributed by atoms with Gasteiger partial charge in [0, 0.05) is 11.4 Å². The second-order valence-corrected chi connectivity index (χ2v) is 10.5. The average Bonchev–Trinajstić information content (AvgIpc) is 2.90. The van der Waals surface area contributed by atoms with Gasteiger partial charge in [-0.3, -0.25) is 9.59 Å². The van der Waals surface area contributed by atoms with Crippen LogP contribution in [0.1, 0.15) is 53.4 Å². The fourth-order valence-electron chi connectivity index (χ4n) is 3.22. The monoisotopic (exact) mass is 541 g/mol. The van der Waals surface area contributed by atoms with Gasteiger partial charge in [-0.2, -0.15) is 16.9 Å². The summed E-state index contributed by atoms with van der Waals surface area (Å²) >= 11 is 1.80. The number of benzene rings is 2. The minimum atomic E-state index is -0.591. The summed E-state index contributed by atoms with van der Waals surface area (Å²) in [4.78, 5) is 25.0. The maximum atomic E-state index is 12.6. The first-order valence-electron chi connectivity index (χ1n) is 12.9. The molecule has 0 aliphatic rings. The van der Waals surface area contributed by atoms with Crippen LogP contribution >= 0.6 is 11.8 Å². The Kier molecular flexibility index (Phi) is 13.4. The molecule has 2 rings (SSSR count). The number of thioether (sulfide) groups is 1. The molecule has 2 N–H and O–H groups in total. The van der Waals surface area contributed by atoms with Gasteiger partial charge in [0.1, 0.15) is 24.7 Å². The molecule has 0 spiro atoms. The summed E-state index contributed by atoms with van der Waals surface area (Å²) in [5, 5.41) is 20.4. The number of nitrogens with one attached hydrogen (secondary N) is 1. The Morgan fingerprint density at radius 2 is 1.71 bits per heavy atom. The van der Waals surface area contributed by atoms with E-state index in [9.17, 15) is 14.7 Å². The van der Waals surface area contributed by atoms with Crippen molar-refractivity contribution in [3.63, 3.8) is 0 Å². The van der Waals surface area contributed by atoms with Crippen LogP contribution in [0.3, 0.4) is 0 Å². The average molecular weight is 542 g/mol. The number of allylic oxidation sites excluding steroid dienone is 1. The first kappa shape index (κ1) is 30.9. The zero-order valence-electron chi connectivity index (χ0n) is 22.7. The molecule has 0 aromatic heterocycles. The summed E-state index contributed by atoms with van der Waals surface area (Å²) in [7, 11) is 0. The second kappa shape index (κ2) is 16.5. The van der Waals surface area contributed by atoms with Crippen LogP contribution in [-0.2, 0) is 14.3 Å². The van der Waals surface area contributed by atoms with Crippen molar-refractivity contribution in [1.82, 2.24) is 0 Å². The van der Waals surface area contributed by atoms with E-state index < -0.39 is 11.3 Å². The van der Waals surface area contributed by atoms with Gasteiger partial charge < -0.3 is 19.9 Å². The molecule has 2 aromatic rings. The van der Waals surface area contributed by atoms with Crippen LogP contribution in [0.2, 0.25) is 0 Å². The standard InChI is InChI=1S/C29H39N3O5S/c1-5-6-7-11-20-38-21-29(3,4)28(35)37-19-18-36-25-16-14-23(15-17-25)30-27(34)26(22(2)33)32-31-24-12-9-8-10-13-24/h8-10,12-17,33H,5-7,11,18-21H2,1-4H3,(H,30,34). The van der Waals surface area contributed by atoms with Crippen molar-refractivity contribution in [2.45, 2.75) is 53.4 Å². The van der Waals surface area contributed by atoms with Crippen molar-refractivity contribution in [2.24, 2.45) is 15.6 Å². The third-order valence-corrected chi connectivity index (χ3v) is 6.94. The van der Waals surface area contributed by atoms with Crippen LogP contribution < -0.4 is 10.1 Å². The molecule has 0 atom stereocenters. The Hall–Kier alpha value is -3.33. The van der Waals surface area contributed by atoms with E-state index >= 15 is 0 Å². The second-order valence-electron chi connectivity index (χ2n) is 9.43. The molecule has 38 heavy (non-hydrogen) atoms. The molecule has 9 heteroatoms. The highest BCUT2D eigenvalue weighted by Gasteiger charge is 2.29. The maximum absolute atomic E-state index is 12.6. The summed E-state index contributed by atoms with van der Waals surface area (Å²) in [6.07, 6.45) is 4.89. The number of ether oxygens (including phenoxy) is 2. The van der Waals surface area contributed by atoms with E-state index in [2.05, 4.69) is 22.5 Å². The van der Waals surface area contributed by atoms with Crippen molar-refractivity contribution in [3.05, 3.63) is 66.1 Å². The van der Waals surface area contributed by atoms with Crippen molar-refractivity contribution in [2.75, 3.05) is 30.0 Å². The van der Waals surface area contributed by atoms with Crippen LogP contribution in [0.5, 0.6) is 5.75 Å². The number of hydrogen-bond donors (Lipinski definition) is 2. The number of esters is 1. The number of hydrogen-bond acceptors (Lipinski definition) is 8. The molecule has 2 aromatic carbocycles. The first-order valence-corrected chi connectivity index (χ1v) is 14.0. The van der Waals surface area contributed by atoms with Gasteiger partial charge >= 0.3 is 5.97 Å².